The highest BCUT2D eigenvalue weighted by molar-refractivity contribution is 5.85. The monoisotopic (exact) mass is 308 g/mol. The van der Waals surface area contributed by atoms with E-state index >= 15 is 0 Å². The minimum Gasteiger partial charge on any atom is -0.342 e. The van der Waals surface area contributed by atoms with E-state index in [0.29, 0.717) is 12.3 Å². The van der Waals surface area contributed by atoms with E-state index in [4.69, 9.17) is 0 Å². The van der Waals surface area contributed by atoms with Crippen molar-refractivity contribution in [2.45, 2.75) is 38.0 Å². The molecule has 0 saturated carbocycles. The second-order valence-electron chi connectivity index (χ2n) is 6.05. The Labute approximate surface area is 133 Å². The summed E-state index contributed by atoms with van der Waals surface area (Å²) in [6.45, 7) is 4.14. The highest BCUT2D eigenvalue weighted by Gasteiger charge is 2.18. The van der Waals surface area contributed by atoms with Crippen LogP contribution in [0.1, 0.15) is 42.7 Å². The van der Waals surface area contributed by atoms with E-state index in [1.807, 2.05) is 4.90 Å². The lowest BCUT2D eigenvalue weighted by molar-refractivity contribution is -0.129. The van der Waals surface area contributed by atoms with E-state index in [1.165, 1.54) is 31.2 Å². The molecule has 4 heteroatoms. The van der Waals surface area contributed by atoms with Gasteiger partial charge in [-0.15, -0.1) is 12.4 Å². The third-order valence-corrected chi connectivity index (χ3v) is 4.56. The summed E-state index contributed by atoms with van der Waals surface area (Å²) in [5.41, 5.74) is 2.56. The van der Waals surface area contributed by atoms with Crippen molar-refractivity contribution < 1.29 is 4.79 Å². The van der Waals surface area contributed by atoms with Gasteiger partial charge in [-0.3, -0.25) is 4.79 Å². The molecule has 1 N–H and O–H groups in total. The minimum absolute atomic E-state index is 0. The van der Waals surface area contributed by atoms with Crippen LogP contribution >= 0.6 is 12.4 Å². The molecule has 3 nitrogen and oxygen atoms in total. The molecule has 1 amide bonds. The van der Waals surface area contributed by atoms with Crippen LogP contribution in [0.3, 0.4) is 0 Å². The van der Waals surface area contributed by atoms with Gasteiger partial charge in [0.2, 0.25) is 5.91 Å². The number of nitrogens with one attached hydrogen (secondary N) is 1. The van der Waals surface area contributed by atoms with Gasteiger partial charge in [0, 0.05) is 19.6 Å². The lowest BCUT2D eigenvalue weighted by Gasteiger charge is -2.23. The van der Waals surface area contributed by atoms with Crippen molar-refractivity contribution >= 4 is 18.3 Å². The van der Waals surface area contributed by atoms with E-state index < -0.39 is 0 Å². The number of hydrogen-bond acceptors (Lipinski definition) is 2. The van der Waals surface area contributed by atoms with Crippen molar-refractivity contribution in [3.05, 3.63) is 35.4 Å². The molecule has 21 heavy (non-hydrogen) atoms. The number of benzene rings is 1. The van der Waals surface area contributed by atoms with Crippen molar-refractivity contribution in [1.29, 1.82) is 0 Å². The lowest BCUT2D eigenvalue weighted by Crippen LogP contribution is -2.29. The summed E-state index contributed by atoms with van der Waals surface area (Å²) in [6.07, 6.45) is 5.43. The van der Waals surface area contributed by atoms with Crippen LogP contribution in [-0.4, -0.2) is 37.0 Å². The maximum Gasteiger partial charge on any atom is 0.226 e. The number of likely N-dealkylation sites (tertiary alicyclic amines) is 1. The molecule has 2 aliphatic rings. The maximum absolute atomic E-state index is 12.1. The fourth-order valence-corrected chi connectivity index (χ4v) is 3.30. The molecule has 1 unspecified atom stereocenters. The van der Waals surface area contributed by atoms with Crippen molar-refractivity contribution in [2.24, 2.45) is 0 Å². The Morgan fingerprint density at radius 1 is 1.14 bits per heavy atom. The average Bonchev–Trinajstić information content (AvgIpc) is 3.03. The van der Waals surface area contributed by atoms with E-state index in [-0.39, 0.29) is 18.3 Å². The fraction of sp³-hybridized carbons (Fsp3) is 0.588. The number of rotatable bonds is 3. The first-order chi connectivity index (χ1) is 9.83. The molecule has 0 aromatic heterocycles. The van der Waals surface area contributed by atoms with Gasteiger partial charge in [0.1, 0.15) is 0 Å². The van der Waals surface area contributed by atoms with Crippen LogP contribution in [0.4, 0.5) is 0 Å². The Morgan fingerprint density at radius 3 is 2.48 bits per heavy atom. The first-order valence-electron chi connectivity index (χ1n) is 7.90. The number of carbonyl (C=O) groups excluding carboxylic acids is 1. The SMILES string of the molecule is Cl.O=C(Cc1ccc(C2CCCNC2)cc1)N1CCCC1. The molecule has 0 aliphatic carbocycles. The van der Waals surface area contributed by atoms with E-state index in [1.54, 1.807) is 0 Å². The predicted molar refractivity (Wildman–Crippen MR) is 88.1 cm³/mol. The maximum atomic E-state index is 12.1. The highest BCUT2D eigenvalue weighted by Crippen LogP contribution is 2.23. The van der Waals surface area contributed by atoms with Crippen molar-refractivity contribution in [1.82, 2.24) is 10.2 Å². The molecule has 2 aliphatic heterocycles. The molecule has 0 bridgehead atoms. The van der Waals surface area contributed by atoms with Crippen LogP contribution in [0.15, 0.2) is 24.3 Å². The number of amides is 1. The van der Waals surface area contributed by atoms with Crippen LogP contribution in [0.5, 0.6) is 0 Å². The number of piperidine rings is 1. The third kappa shape index (κ3) is 4.21. The Bertz CT molecular complexity index is 448. The molecule has 1 aromatic carbocycles. The summed E-state index contributed by atoms with van der Waals surface area (Å²) < 4.78 is 0. The molecule has 2 heterocycles. The fourth-order valence-electron chi connectivity index (χ4n) is 3.30. The molecule has 2 saturated heterocycles. The summed E-state index contributed by atoms with van der Waals surface area (Å²) in [6, 6.07) is 8.70. The van der Waals surface area contributed by atoms with Crippen LogP contribution in [0, 0.1) is 0 Å². The number of carbonyl (C=O) groups is 1. The van der Waals surface area contributed by atoms with Gasteiger partial charge in [0.05, 0.1) is 6.42 Å². The Balaban J connectivity index is 0.00000161. The molecule has 2 fully saturated rings. The van der Waals surface area contributed by atoms with Gasteiger partial charge in [-0.05, 0) is 49.3 Å². The first kappa shape index (κ1) is 16.3. The number of halogens is 1. The summed E-state index contributed by atoms with van der Waals surface area (Å²) in [7, 11) is 0. The Kier molecular flexibility index (Phi) is 6.07. The molecule has 3 rings (SSSR count). The standard InChI is InChI=1S/C17H24N2O.ClH/c20-17(19-10-1-2-11-19)12-14-5-7-15(8-6-14)16-4-3-9-18-13-16;/h5-8,16,18H,1-4,9-13H2;1H. The van der Waals surface area contributed by atoms with E-state index in [2.05, 4.69) is 29.6 Å². The first-order valence-corrected chi connectivity index (χ1v) is 7.90. The van der Waals surface area contributed by atoms with Crippen LogP contribution < -0.4 is 5.32 Å². The topological polar surface area (TPSA) is 32.3 Å². The van der Waals surface area contributed by atoms with Crippen molar-refractivity contribution in [2.75, 3.05) is 26.2 Å². The zero-order valence-corrected chi connectivity index (χ0v) is 13.3. The van der Waals surface area contributed by atoms with Gasteiger partial charge in [0.25, 0.3) is 0 Å². The lowest BCUT2D eigenvalue weighted by atomic mass is 9.91. The van der Waals surface area contributed by atoms with Crippen molar-refractivity contribution in [3.8, 4) is 0 Å². The highest BCUT2D eigenvalue weighted by atomic mass is 35.5. The molecule has 0 spiro atoms. The van der Waals surface area contributed by atoms with Crippen LogP contribution in [0.2, 0.25) is 0 Å². The summed E-state index contributed by atoms with van der Waals surface area (Å²) in [5, 5.41) is 3.46. The third-order valence-electron chi connectivity index (χ3n) is 4.56. The zero-order valence-electron chi connectivity index (χ0n) is 12.5. The predicted octanol–water partition coefficient (Wildman–Crippen LogP) is 2.74. The quantitative estimate of drug-likeness (QED) is 0.931. The van der Waals surface area contributed by atoms with Crippen LogP contribution in [-0.2, 0) is 11.2 Å². The van der Waals surface area contributed by atoms with Gasteiger partial charge in [-0.25, -0.2) is 0 Å². The van der Waals surface area contributed by atoms with Gasteiger partial charge < -0.3 is 10.2 Å². The van der Waals surface area contributed by atoms with Gasteiger partial charge in [-0.1, -0.05) is 24.3 Å². The van der Waals surface area contributed by atoms with E-state index in [9.17, 15) is 4.79 Å². The molecule has 1 aromatic rings. The van der Waals surface area contributed by atoms with Gasteiger partial charge in [0.15, 0.2) is 0 Å². The van der Waals surface area contributed by atoms with Gasteiger partial charge in [-0.2, -0.15) is 0 Å². The molecule has 1 atom stereocenters. The smallest absolute Gasteiger partial charge is 0.226 e. The van der Waals surface area contributed by atoms with Gasteiger partial charge >= 0.3 is 0 Å². The number of nitrogens with zero attached hydrogens (tertiary/aromatic N) is 1. The average molecular weight is 309 g/mol. The normalized spacial score (nSPS) is 21.9. The second kappa shape index (κ2) is 7.81. The second-order valence-corrected chi connectivity index (χ2v) is 6.05. The van der Waals surface area contributed by atoms with Crippen molar-refractivity contribution in [3.63, 3.8) is 0 Å². The Hall–Kier alpha value is -1.06. The summed E-state index contributed by atoms with van der Waals surface area (Å²) in [4.78, 5) is 14.1. The molecule has 116 valence electrons. The Morgan fingerprint density at radius 2 is 1.86 bits per heavy atom. The molecular formula is C17H25ClN2O. The van der Waals surface area contributed by atoms with E-state index in [0.717, 1.165) is 31.7 Å². The largest absolute Gasteiger partial charge is 0.342 e. The zero-order chi connectivity index (χ0) is 13.8. The summed E-state index contributed by atoms with van der Waals surface area (Å²) >= 11 is 0. The molecular weight excluding hydrogens is 284 g/mol. The molecule has 0 radical (unpaired) electrons. The minimum atomic E-state index is 0. The number of hydrogen-bond donors (Lipinski definition) is 1. The van der Waals surface area contributed by atoms with Crippen LogP contribution in [0.25, 0.3) is 0 Å². The summed E-state index contributed by atoms with van der Waals surface area (Å²) in [5.74, 6) is 0.932.